The molecule has 3 aromatic carbocycles. The van der Waals surface area contributed by atoms with Gasteiger partial charge in [0.15, 0.2) is 0 Å². The summed E-state index contributed by atoms with van der Waals surface area (Å²) in [4.78, 5) is 29.1. The number of carbonyl (C=O) groups is 2. The van der Waals surface area contributed by atoms with Crippen molar-refractivity contribution in [1.82, 2.24) is 10.2 Å². The van der Waals surface area contributed by atoms with E-state index in [2.05, 4.69) is 34.5 Å². The minimum absolute atomic E-state index is 0.0219. The maximum atomic E-state index is 13.6. The van der Waals surface area contributed by atoms with Crippen LogP contribution in [0.2, 0.25) is 0 Å². The van der Waals surface area contributed by atoms with Crippen molar-refractivity contribution in [1.29, 1.82) is 0 Å². The zero-order chi connectivity index (χ0) is 27.7. The van der Waals surface area contributed by atoms with Gasteiger partial charge in [-0.2, -0.15) is 0 Å². The van der Waals surface area contributed by atoms with Crippen molar-refractivity contribution in [3.63, 3.8) is 0 Å². The Labute approximate surface area is 238 Å². The molecule has 0 aromatic heterocycles. The SMILES string of the molecule is O=C(NC(CO)c1ccccc1)C1CCCCC1c1ccc(CN(C(=O)c2ccccc2)C2CCCCC2)cc1. The van der Waals surface area contributed by atoms with Crippen molar-refractivity contribution in [2.75, 3.05) is 6.61 Å². The third kappa shape index (κ3) is 6.82. The maximum absolute atomic E-state index is 13.6. The molecule has 2 aliphatic carbocycles. The van der Waals surface area contributed by atoms with Gasteiger partial charge in [-0.25, -0.2) is 0 Å². The summed E-state index contributed by atoms with van der Waals surface area (Å²) in [5.74, 6) is 0.167. The Morgan fingerprint density at radius 3 is 2.08 bits per heavy atom. The minimum atomic E-state index is -0.397. The van der Waals surface area contributed by atoms with E-state index in [1.807, 2.05) is 60.7 Å². The summed E-state index contributed by atoms with van der Waals surface area (Å²) in [5.41, 5.74) is 3.97. The fourth-order valence-electron chi connectivity index (χ4n) is 6.62. The molecule has 2 aliphatic rings. The topological polar surface area (TPSA) is 69.6 Å². The second-order valence-corrected chi connectivity index (χ2v) is 11.5. The van der Waals surface area contributed by atoms with E-state index < -0.39 is 6.04 Å². The van der Waals surface area contributed by atoms with Crippen LogP contribution in [0.3, 0.4) is 0 Å². The van der Waals surface area contributed by atoms with Crippen LogP contribution >= 0.6 is 0 Å². The Kier molecular flexibility index (Phi) is 9.67. The third-order valence-corrected chi connectivity index (χ3v) is 8.86. The summed E-state index contributed by atoms with van der Waals surface area (Å²) in [6, 6.07) is 27.8. The first-order valence-corrected chi connectivity index (χ1v) is 15.0. The number of amides is 2. The summed E-state index contributed by atoms with van der Waals surface area (Å²) in [5, 5.41) is 13.1. The predicted octanol–water partition coefficient (Wildman–Crippen LogP) is 6.79. The Balaban J connectivity index is 1.30. The molecule has 0 spiro atoms. The highest BCUT2D eigenvalue weighted by Crippen LogP contribution is 2.38. The summed E-state index contributed by atoms with van der Waals surface area (Å²) in [7, 11) is 0. The molecule has 2 amide bonds. The minimum Gasteiger partial charge on any atom is -0.394 e. The van der Waals surface area contributed by atoms with Crippen LogP contribution in [-0.4, -0.2) is 34.5 Å². The highest BCUT2D eigenvalue weighted by Gasteiger charge is 2.33. The number of nitrogens with zero attached hydrogens (tertiary/aromatic N) is 1. The molecule has 0 aliphatic heterocycles. The van der Waals surface area contributed by atoms with E-state index in [9.17, 15) is 14.7 Å². The number of rotatable bonds is 9. The molecule has 0 bridgehead atoms. The van der Waals surface area contributed by atoms with Crippen LogP contribution in [-0.2, 0) is 11.3 Å². The Morgan fingerprint density at radius 2 is 1.40 bits per heavy atom. The van der Waals surface area contributed by atoms with Crippen molar-refractivity contribution in [2.45, 2.75) is 82.3 Å². The number of carbonyl (C=O) groups excluding carboxylic acids is 2. The van der Waals surface area contributed by atoms with Gasteiger partial charge in [-0.1, -0.05) is 105 Å². The van der Waals surface area contributed by atoms with E-state index in [1.165, 1.54) is 24.8 Å². The highest BCUT2D eigenvalue weighted by molar-refractivity contribution is 5.94. The van der Waals surface area contributed by atoms with E-state index in [4.69, 9.17) is 0 Å². The molecule has 5 heteroatoms. The molecule has 5 rings (SSSR count). The molecule has 3 aromatic rings. The molecule has 40 heavy (non-hydrogen) atoms. The molecule has 0 radical (unpaired) electrons. The number of hydrogen-bond donors (Lipinski definition) is 2. The first kappa shape index (κ1) is 28.1. The predicted molar refractivity (Wildman–Crippen MR) is 159 cm³/mol. The Hall–Kier alpha value is -3.44. The normalized spacial score (nSPS) is 20.4. The average molecular weight is 539 g/mol. The zero-order valence-corrected chi connectivity index (χ0v) is 23.4. The summed E-state index contributed by atoms with van der Waals surface area (Å²) >= 11 is 0. The van der Waals surface area contributed by atoms with Gasteiger partial charge in [-0.05, 0) is 60.4 Å². The van der Waals surface area contributed by atoms with Crippen LogP contribution in [0, 0.1) is 5.92 Å². The number of hydrogen-bond acceptors (Lipinski definition) is 3. The molecule has 2 fully saturated rings. The van der Waals surface area contributed by atoms with Crippen LogP contribution < -0.4 is 5.32 Å². The van der Waals surface area contributed by atoms with Crippen LogP contribution in [0.15, 0.2) is 84.9 Å². The van der Waals surface area contributed by atoms with Crippen molar-refractivity contribution in [2.24, 2.45) is 5.92 Å². The van der Waals surface area contributed by atoms with Crippen molar-refractivity contribution in [3.05, 3.63) is 107 Å². The fourth-order valence-corrected chi connectivity index (χ4v) is 6.62. The smallest absolute Gasteiger partial charge is 0.254 e. The quantitative estimate of drug-likeness (QED) is 0.315. The summed E-state index contributed by atoms with van der Waals surface area (Å²) < 4.78 is 0. The van der Waals surface area contributed by atoms with Gasteiger partial charge in [0, 0.05) is 24.1 Å². The molecular weight excluding hydrogens is 496 g/mol. The molecule has 2 N–H and O–H groups in total. The zero-order valence-electron chi connectivity index (χ0n) is 23.4. The molecule has 2 saturated carbocycles. The van der Waals surface area contributed by atoms with E-state index in [1.54, 1.807) is 0 Å². The highest BCUT2D eigenvalue weighted by atomic mass is 16.3. The maximum Gasteiger partial charge on any atom is 0.254 e. The third-order valence-electron chi connectivity index (χ3n) is 8.86. The van der Waals surface area contributed by atoms with Gasteiger partial charge in [0.2, 0.25) is 5.91 Å². The number of benzene rings is 3. The van der Waals surface area contributed by atoms with Crippen molar-refractivity contribution < 1.29 is 14.7 Å². The lowest BCUT2D eigenvalue weighted by Gasteiger charge is -2.35. The van der Waals surface area contributed by atoms with Crippen LogP contribution in [0.1, 0.15) is 96.8 Å². The van der Waals surface area contributed by atoms with E-state index in [0.29, 0.717) is 6.54 Å². The van der Waals surface area contributed by atoms with E-state index in [-0.39, 0.29) is 36.3 Å². The van der Waals surface area contributed by atoms with E-state index in [0.717, 1.165) is 55.2 Å². The number of aliphatic hydroxyl groups excluding tert-OH is 1. The molecule has 0 saturated heterocycles. The lowest BCUT2D eigenvalue weighted by Crippen LogP contribution is -2.41. The van der Waals surface area contributed by atoms with Crippen molar-refractivity contribution >= 4 is 11.8 Å². The largest absolute Gasteiger partial charge is 0.394 e. The fraction of sp³-hybridized carbons (Fsp3) is 0.429. The lowest BCUT2D eigenvalue weighted by atomic mass is 9.74. The van der Waals surface area contributed by atoms with Gasteiger partial charge in [0.1, 0.15) is 0 Å². The molecule has 3 atom stereocenters. The van der Waals surface area contributed by atoms with Gasteiger partial charge >= 0.3 is 0 Å². The monoisotopic (exact) mass is 538 g/mol. The van der Waals surface area contributed by atoms with Gasteiger partial charge in [0.25, 0.3) is 5.91 Å². The molecule has 3 unspecified atom stereocenters. The Bertz CT molecular complexity index is 1220. The lowest BCUT2D eigenvalue weighted by molar-refractivity contribution is -0.127. The van der Waals surface area contributed by atoms with Gasteiger partial charge in [-0.3, -0.25) is 9.59 Å². The van der Waals surface area contributed by atoms with Gasteiger partial charge in [-0.15, -0.1) is 0 Å². The summed E-state index contributed by atoms with van der Waals surface area (Å²) in [6.07, 6.45) is 9.71. The Morgan fingerprint density at radius 1 is 0.775 bits per heavy atom. The van der Waals surface area contributed by atoms with E-state index >= 15 is 0 Å². The first-order chi connectivity index (χ1) is 19.6. The summed E-state index contributed by atoms with van der Waals surface area (Å²) in [6.45, 7) is 0.476. The average Bonchev–Trinajstić information content (AvgIpc) is 3.03. The number of aliphatic hydroxyl groups is 1. The van der Waals surface area contributed by atoms with Crippen LogP contribution in [0.5, 0.6) is 0 Å². The second-order valence-electron chi connectivity index (χ2n) is 11.5. The number of nitrogens with one attached hydrogen (secondary N) is 1. The second kappa shape index (κ2) is 13.8. The molecule has 0 heterocycles. The molecular formula is C35H42N2O3. The van der Waals surface area contributed by atoms with Crippen LogP contribution in [0.25, 0.3) is 0 Å². The van der Waals surface area contributed by atoms with Crippen molar-refractivity contribution in [3.8, 4) is 0 Å². The molecule has 210 valence electrons. The molecule has 5 nitrogen and oxygen atoms in total. The van der Waals surface area contributed by atoms with Crippen LogP contribution in [0.4, 0.5) is 0 Å². The van der Waals surface area contributed by atoms with Gasteiger partial charge in [0.05, 0.1) is 12.6 Å². The first-order valence-electron chi connectivity index (χ1n) is 15.0. The van der Waals surface area contributed by atoms with Gasteiger partial charge < -0.3 is 15.3 Å². The standard InChI is InChI=1S/C35H42N2O3/c38-25-33(28-12-4-1-5-13-28)36-34(39)32-19-11-10-18-31(32)27-22-20-26(21-23-27)24-37(30-16-8-3-9-17-30)35(40)29-14-6-2-7-15-29/h1-2,4-7,12-15,20-23,30-33,38H,3,8-11,16-19,24-25H2,(H,36,39).